The van der Waals surface area contributed by atoms with E-state index in [1.165, 1.54) is 11.3 Å². The largest absolute Gasteiger partial charge is 0.481 e. The molecule has 2 fully saturated rings. The lowest BCUT2D eigenvalue weighted by atomic mass is 9.79. The average molecular weight is 358 g/mol. The van der Waals surface area contributed by atoms with Crippen LogP contribution in [0.1, 0.15) is 18.5 Å². The summed E-state index contributed by atoms with van der Waals surface area (Å²) >= 11 is 1.40. The minimum Gasteiger partial charge on any atom is -0.481 e. The van der Waals surface area contributed by atoms with Crippen molar-refractivity contribution < 1.29 is 19.4 Å². The second-order valence-electron chi connectivity index (χ2n) is 6.47. The molecular weight excluding hydrogens is 340 g/mol. The Hall–Kier alpha value is -2.25. The van der Waals surface area contributed by atoms with Crippen LogP contribution in [0.2, 0.25) is 0 Å². The van der Waals surface area contributed by atoms with Crippen LogP contribution in [0.15, 0.2) is 30.3 Å². The highest BCUT2D eigenvalue weighted by molar-refractivity contribution is 7.19. The predicted octanol–water partition coefficient (Wildman–Crippen LogP) is 2.94. The number of fused-ring (bicyclic) bond motifs is 2. The molecule has 1 aromatic heterocycles. The van der Waals surface area contributed by atoms with E-state index in [1.54, 1.807) is 0 Å². The van der Waals surface area contributed by atoms with E-state index in [9.17, 15) is 14.7 Å². The number of anilines is 1. The number of amides is 1. The van der Waals surface area contributed by atoms with Gasteiger partial charge in [-0.1, -0.05) is 41.7 Å². The van der Waals surface area contributed by atoms with Crippen molar-refractivity contribution in [1.29, 1.82) is 0 Å². The van der Waals surface area contributed by atoms with E-state index in [2.05, 4.69) is 10.3 Å². The molecule has 7 heteroatoms. The van der Waals surface area contributed by atoms with Gasteiger partial charge in [0.25, 0.3) is 0 Å². The monoisotopic (exact) mass is 358 g/mol. The van der Waals surface area contributed by atoms with Gasteiger partial charge >= 0.3 is 5.97 Å². The van der Waals surface area contributed by atoms with Gasteiger partial charge in [0.05, 0.1) is 34.6 Å². The van der Waals surface area contributed by atoms with E-state index in [0.717, 1.165) is 22.6 Å². The van der Waals surface area contributed by atoms with Crippen molar-refractivity contribution >= 4 is 28.3 Å². The maximum absolute atomic E-state index is 12.7. The van der Waals surface area contributed by atoms with Crippen LogP contribution < -0.4 is 5.32 Å². The lowest BCUT2D eigenvalue weighted by molar-refractivity contribution is -0.147. The summed E-state index contributed by atoms with van der Waals surface area (Å²) in [5.74, 6) is -2.70. The van der Waals surface area contributed by atoms with Gasteiger partial charge in [0.1, 0.15) is 0 Å². The zero-order valence-corrected chi connectivity index (χ0v) is 14.5. The highest BCUT2D eigenvalue weighted by atomic mass is 32.1. The minimum absolute atomic E-state index is 0.305. The Labute approximate surface area is 148 Å². The number of carbonyl (C=O) groups excluding carboxylic acids is 1. The predicted molar refractivity (Wildman–Crippen MR) is 93.4 cm³/mol. The van der Waals surface area contributed by atoms with Gasteiger partial charge in [-0.2, -0.15) is 0 Å². The summed E-state index contributed by atoms with van der Waals surface area (Å²) in [7, 11) is 0. The summed E-state index contributed by atoms with van der Waals surface area (Å²) in [6.07, 6.45) is 0.787. The zero-order chi connectivity index (χ0) is 17.6. The van der Waals surface area contributed by atoms with Crippen LogP contribution in [-0.4, -0.2) is 34.2 Å². The lowest BCUT2D eigenvalue weighted by Crippen LogP contribution is -2.40. The zero-order valence-electron chi connectivity index (χ0n) is 13.6. The van der Waals surface area contributed by atoms with Crippen LogP contribution >= 0.6 is 11.3 Å². The summed E-state index contributed by atoms with van der Waals surface area (Å²) in [6.45, 7) is 1.90. The molecule has 2 saturated heterocycles. The number of carbonyl (C=O) groups is 2. The summed E-state index contributed by atoms with van der Waals surface area (Å²) in [5.41, 5.74) is 1.88. The number of carboxylic acids is 1. The highest BCUT2D eigenvalue weighted by Gasteiger charge is 2.55. The number of carboxylic acid groups (broad SMARTS) is 1. The van der Waals surface area contributed by atoms with E-state index in [0.29, 0.717) is 11.6 Å². The van der Waals surface area contributed by atoms with E-state index in [4.69, 9.17) is 4.74 Å². The fraction of sp³-hybridized carbons (Fsp3) is 0.389. The number of nitrogens with one attached hydrogen (secondary N) is 1. The topological polar surface area (TPSA) is 88.5 Å². The fourth-order valence-corrected chi connectivity index (χ4v) is 4.80. The van der Waals surface area contributed by atoms with Crippen molar-refractivity contribution in [3.8, 4) is 10.4 Å². The fourth-order valence-electron chi connectivity index (χ4n) is 3.82. The molecule has 0 radical (unpaired) electrons. The second kappa shape index (κ2) is 6.24. The number of aromatic nitrogens is 1. The third-order valence-corrected chi connectivity index (χ3v) is 6.05. The third-order valence-electron chi connectivity index (χ3n) is 4.92. The Balaban J connectivity index is 1.55. The minimum atomic E-state index is -0.965. The molecule has 1 aromatic carbocycles. The molecule has 2 aliphatic heterocycles. The molecule has 2 aromatic rings. The normalized spacial score (nSPS) is 27.4. The molecular formula is C18H18N2O4S. The quantitative estimate of drug-likeness (QED) is 0.877. The van der Waals surface area contributed by atoms with Crippen molar-refractivity contribution in [3.05, 3.63) is 36.0 Å². The van der Waals surface area contributed by atoms with Crippen molar-refractivity contribution in [2.24, 2.45) is 11.8 Å². The molecule has 1 amide bonds. The van der Waals surface area contributed by atoms with E-state index >= 15 is 0 Å². The molecule has 130 valence electrons. The third kappa shape index (κ3) is 2.83. The Bertz CT molecular complexity index is 820. The first-order valence-corrected chi connectivity index (χ1v) is 9.08. The molecule has 2 bridgehead atoms. The molecule has 4 atom stereocenters. The number of hydrogen-bond donors (Lipinski definition) is 2. The maximum Gasteiger partial charge on any atom is 0.310 e. The first-order valence-electron chi connectivity index (χ1n) is 8.26. The van der Waals surface area contributed by atoms with Gasteiger partial charge in [-0.15, -0.1) is 0 Å². The molecule has 0 spiro atoms. The van der Waals surface area contributed by atoms with E-state index < -0.39 is 17.8 Å². The Morgan fingerprint density at radius 1 is 1.20 bits per heavy atom. The number of aryl methyl sites for hydroxylation is 1. The SMILES string of the molecule is Cc1nc(NC(=O)C2C3CCC(O3)C2C(=O)O)sc1-c1ccccc1. The molecule has 0 aliphatic carbocycles. The van der Waals surface area contributed by atoms with Crippen LogP contribution in [-0.2, 0) is 14.3 Å². The number of aliphatic carboxylic acids is 1. The first kappa shape index (κ1) is 16.2. The van der Waals surface area contributed by atoms with Crippen molar-refractivity contribution in [2.45, 2.75) is 32.0 Å². The highest BCUT2D eigenvalue weighted by Crippen LogP contribution is 2.44. The number of benzene rings is 1. The molecule has 25 heavy (non-hydrogen) atoms. The van der Waals surface area contributed by atoms with Crippen LogP contribution in [0, 0.1) is 18.8 Å². The van der Waals surface area contributed by atoms with Gasteiger partial charge in [-0.25, -0.2) is 4.98 Å². The molecule has 4 rings (SSSR count). The summed E-state index contributed by atoms with van der Waals surface area (Å²) < 4.78 is 5.66. The van der Waals surface area contributed by atoms with E-state index in [1.807, 2.05) is 37.3 Å². The van der Waals surface area contributed by atoms with Crippen LogP contribution in [0.3, 0.4) is 0 Å². The summed E-state index contributed by atoms with van der Waals surface area (Å²) in [4.78, 5) is 29.6. The molecule has 2 N–H and O–H groups in total. The number of rotatable bonds is 4. The Kier molecular flexibility index (Phi) is 4.05. The number of thiazole rings is 1. The molecule has 3 heterocycles. The molecule has 4 unspecified atom stereocenters. The van der Waals surface area contributed by atoms with Gasteiger partial charge < -0.3 is 15.2 Å². The van der Waals surface area contributed by atoms with Gasteiger partial charge in [0.15, 0.2) is 5.13 Å². The Morgan fingerprint density at radius 2 is 1.88 bits per heavy atom. The average Bonchev–Trinajstić information content (AvgIpc) is 3.29. The smallest absolute Gasteiger partial charge is 0.310 e. The second-order valence-corrected chi connectivity index (χ2v) is 7.47. The van der Waals surface area contributed by atoms with Crippen molar-refractivity contribution in [1.82, 2.24) is 4.98 Å². The van der Waals surface area contributed by atoms with Crippen LogP contribution in [0.4, 0.5) is 5.13 Å². The van der Waals surface area contributed by atoms with Crippen LogP contribution in [0.5, 0.6) is 0 Å². The van der Waals surface area contributed by atoms with Crippen molar-refractivity contribution in [2.75, 3.05) is 5.32 Å². The number of hydrogen-bond acceptors (Lipinski definition) is 5. The Morgan fingerprint density at radius 3 is 2.56 bits per heavy atom. The first-order chi connectivity index (χ1) is 12.0. The lowest BCUT2D eigenvalue weighted by Gasteiger charge is -2.23. The van der Waals surface area contributed by atoms with Gasteiger partial charge in [-0.3, -0.25) is 9.59 Å². The standard InChI is InChI=1S/C18H18N2O4S/c1-9-15(10-5-3-2-4-6-10)25-18(19-9)20-16(21)13-11-7-8-12(24-11)14(13)17(22)23/h2-6,11-14H,7-8H2,1H3,(H,22,23)(H,19,20,21). The summed E-state index contributed by atoms with van der Waals surface area (Å²) in [5, 5.41) is 12.7. The molecule has 2 aliphatic rings. The van der Waals surface area contributed by atoms with Crippen molar-refractivity contribution in [3.63, 3.8) is 0 Å². The summed E-state index contributed by atoms with van der Waals surface area (Å²) in [6, 6.07) is 9.85. The van der Waals surface area contributed by atoms with Gasteiger partial charge in [0, 0.05) is 0 Å². The maximum atomic E-state index is 12.7. The number of nitrogens with zero attached hydrogens (tertiary/aromatic N) is 1. The number of ether oxygens (including phenoxy) is 1. The van der Waals surface area contributed by atoms with E-state index in [-0.39, 0.29) is 18.1 Å². The molecule has 0 saturated carbocycles. The van der Waals surface area contributed by atoms with Gasteiger partial charge in [-0.05, 0) is 25.3 Å². The van der Waals surface area contributed by atoms with Crippen LogP contribution in [0.25, 0.3) is 10.4 Å². The molecule has 6 nitrogen and oxygen atoms in total. The van der Waals surface area contributed by atoms with Gasteiger partial charge in [0.2, 0.25) is 5.91 Å².